The molecule has 2 aliphatic rings. The zero-order chi connectivity index (χ0) is 24.8. The van der Waals surface area contributed by atoms with Crippen molar-refractivity contribution in [3.8, 4) is 11.1 Å². The first-order valence-electron chi connectivity index (χ1n) is 13.4. The number of fused-ring (bicyclic) bond motifs is 3. The fourth-order valence-electron chi connectivity index (χ4n) is 6.13. The maximum Gasteiger partial charge on any atom is 0.117 e. The highest BCUT2D eigenvalue weighted by atomic mass is 16.5. The highest BCUT2D eigenvalue weighted by Crippen LogP contribution is 2.33. The van der Waals surface area contributed by atoms with Crippen LogP contribution in [-0.2, 0) is 4.74 Å². The smallest absolute Gasteiger partial charge is 0.117 e. The SMILES string of the molecule is Cc1cc(-c2ccc3ncc4c(C)nc(C5CCOCC5)n4c3c2)ccc1N1CCC(N(C)C)CC1. The second-order valence-corrected chi connectivity index (χ2v) is 10.8. The Morgan fingerprint density at radius 1 is 0.889 bits per heavy atom. The summed E-state index contributed by atoms with van der Waals surface area (Å²) in [6.45, 7) is 8.21. The summed E-state index contributed by atoms with van der Waals surface area (Å²) in [6, 6.07) is 14.3. The van der Waals surface area contributed by atoms with Crippen LogP contribution in [0, 0.1) is 13.8 Å². The number of nitrogens with zero attached hydrogens (tertiary/aromatic N) is 5. The molecular formula is C30H37N5O. The molecule has 2 saturated heterocycles. The minimum Gasteiger partial charge on any atom is -0.381 e. The van der Waals surface area contributed by atoms with Gasteiger partial charge in [-0.2, -0.15) is 0 Å². The molecule has 0 radical (unpaired) electrons. The molecule has 0 amide bonds. The summed E-state index contributed by atoms with van der Waals surface area (Å²) in [4.78, 5) is 14.7. The van der Waals surface area contributed by atoms with Gasteiger partial charge in [0.1, 0.15) is 5.82 Å². The zero-order valence-electron chi connectivity index (χ0n) is 22.0. The van der Waals surface area contributed by atoms with E-state index in [4.69, 9.17) is 14.7 Å². The number of hydrogen-bond donors (Lipinski definition) is 0. The Bertz CT molecular complexity index is 1390. The fourth-order valence-corrected chi connectivity index (χ4v) is 6.13. The van der Waals surface area contributed by atoms with Crippen molar-refractivity contribution in [3.63, 3.8) is 0 Å². The second kappa shape index (κ2) is 9.49. The van der Waals surface area contributed by atoms with Crippen LogP contribution in [0.25, 0.3) is 27.7 Å². The summed E-state index contributed by atoms with van der Waals surface area (Å²) >= 11 is 0. The lowest BCUT2D eigenvalue weighted by Gasteiger charge is -2.37. The number of aromatic nitrogens is 3. The van der Waals surface area contributed by atoms with Crippen LogP contribution in [0.2, 0.25) is 0 Å². The predicted octanol–water partition coefficient (Wildman–Crippen LogP) is 5.59. The molecule has 0 bridgehead atoms. The van der Waals surface area contributed by atoms with Gasteiger partial charge in [-0.05, 0) is 94.6 Å². The van der Waals surface area contributed by atoms with E-state index in [-0.39, 0.29) is 0 Å². The number of anilines is 1. The standard InChI is InChI=1S/C30H37N5O/c1-20-17-23(6-8-27(20)34-13-9-25(10-14-34)33(3)4)24-5-7-26-28(18-24)35-29(19-31-26)21(2)32-30(35)22-11-15-36-16-12-22/h5-8,17-19,22,25H,9-16H2,1-4H3. The van der Waals surface area contributed by atoms with Crippen LogP contribution in [0.5, 0.6) is 0 Å². The first kappa shape index (κ1) is 23.4. The van der Waals surface area contributed by atoms with E-state index in [0.29, 0.717) is 12.0 Å². The van der Waals surface area contributed by atoms with Crippen molar-refractivity contribution in [2.75, 3.05) is 45.3 Å². The van der Waals surface area contributed by atoms with E-state index in [1.165, 1.54) is 35.2 Å². The summed E-state index contributed by atoms with van der Waals surface area (Å²) in [5.74, 6) is 1.58. The molecule has 6 rings (SSSR count). The van der Waals surface area contributed by atoms with Gasteiger partial charge in [-0.15, -0.1) is 0 Å². The molecule has 4 aromatic rings. The number of ether oxygens (including phenoxy) is 1. The van der Waals surface area contributed by atoms with E-state index in [1.54, 1.807) is 0 Å². The number of benzene rings is 2. The minimum atomic E-state index is 0.423. The van der Waals surface area contributed by atoms with Crippen molar-refractivity contribution < 1.29 is 4.74 Å². The van der Waals surface area contributed by atoms with Gasteiger partial charge in [0.15, 0.2) is 0 Å². The highest BCUT2D eigenvalue weighted by Gasteiger charge is 2.24. The van der Waals surface area contributed by atoms with Gasteiger partial charge < -0.3 is 14.5 Å². The quantitative estimate of drug-likeness (QED) is 0.379. The lowest BCUT2D eigenvalue weighted by Crippen LogP contribution is -2.42. The van der Waals surface area contributed by atoms with Crippen LogP contribution in [0.15, 0.2) is 42.6 Å². The predicted molar refractivity (Wildman–Crippen MR) is 147 cm³/mol. The van der Waals surface area contributed by atoms with Crippen molar-refractivity contribution in [2.24, 2.45) is 0 Å². The molecule has 0 N–H and O–H groups in total. The Balaban J connectivity index is 1.36. The summed E-state index contributed by atoms with van der Waals surface area (Å²) < 4.78 is 7.98. The third-order valence-electron chi connectivity index (χ3n) is 8.32. The van der Waals surface area contributed by atoms with Gasteiger partial charge >= 0.3 is 0 Å². The highest BCUT2D eigenvalue weighted by molar-refractivity contribution is 5.85. The third-order valence-corrected chi connectivity index (χ3v) is 8.32. The Kier molecular flexibility index (Phi) is 6.18. The Morgan fingerprint density at radius 3 is 2.33 bits per heavy atom. The molecule has 0 aliphatic carbocycles. The largest absolute Gasteiger partial charge is 0.381 e. The van der Waals surface area contributed by atoms with E-state index in [0.717, 1.165) is 67.2 Å². The van der Waals surface area contributed by atoms with Crippen molar-refractivity contribution in [3.05, 3.63) is 59.7 Å². The maximum absolute atomic E-state index is 5.63. The summed E-state index contributed by atoms with van der Waals surface area (Å²) in [6.07, 6.45) is 6.47. The molecule has 6 nitrogen and oxygen atoms in total. The summed E-state index contributed by atoms with van der Waals surface area (Å²) in [5.41, 5.74) is 9.49. The van der Waals surface area contributed by atoms with Crippen LogP contribution < -0.4 is 4.90 Å². The van der Waals surface area contributed by atoms with E-state index < -0.39 is 0 Å². The second-order valence-electron chi connectivity index (χ2n) is 10.8. The van der Waals surface area contributed by atoms with Gasteiger partial charge in [0, 0.05) is 44.0 Å². The van der Waals surface area contributed by atoms with Gasteiger partial charge in [0.25, 0.3) is 0 Å². The third kappa shape index (κ3) is 4.16. The Hall–Kier alpha value is -2.96. The molecule has 0 saturated carbocycles. The van der Waals surface area contributed by atoms with E-state index in [9.17, 15) is 0 Å². The monoisotopic (exact) mass is 483 g/mol. The van der Waals surface area contributed by atoms with Gasteiger partial charge in [-0.3, -0.25) is 9.38 Å². The minimum absolute atomic E-state index is 0.423. The van der Waals surface area contributed by atoms with Crippen molar-refractivity contribution in [2.45, 2.75) is 51.5 Å². The average molecular weight is 484 g/mol. The molecular weight excluding hydrogens is 446 g/mol. The maximum atomic E-state index is 5.63. The zero-order valence-corrected chi connectivity index (χ0v) is 22.0. The number of rotatable bonds is 4. The first-order valence-corrected chi connectivity index (χ1v) is 13.4. The molecule has 2 aromatic heterocycles. The van der Waals surface area contributed by atoms with Crippen LogP contribution in [-0.4, -0.2) is 65.7 Å². The fraction of sp³-hybridized carbons (Fsp3) is 0.467. The molecule has 2 aliphatic heterocycles. The summed E-state index contributed by atoms with van der Waals surface area (Å²) in [5, 5.41) is 0. The molecule has 6 heteroatoms. The van der Waals surface area contributed by atoms with Gasteiger partial charge in [0.05, 0.1) is 28.4 Å². The van der Waals surface area contributed by atoms with E-state index in [2.05, 4.69) is 78.5 Å². The molecule has 36 heavy (non-hydrogen) atoms. The molecule has 2 fully saturated rings. The number of imidazole rings is 1. The number of piperidine rings is 1. The van der Waals surface area contributed by atoms with Gasteiger partial charge in [-0.25, -0.2) is 4.98 Å². The molecule has 2 aromatic carbocycles. The van der Waals surface area contributed by atoms with Crippen molar-refractivity contribution >= 4 is 22.2 Å². The summed E-state index contributed by atoms with van der Waals surface area (Å²) in [7, 11) is 4.40. The van der Waals surface area contributed by atoms with Crippen molar-refractivity contribution in [1.82, 2.24) is 19.3 Å². The number of hydrogen-bond acceptors (Lipinski definition) is 5. The van der Waals surface area contributed by atoms with E-state index in [1.807, 2.05) is 6.20 Å². The topological polar surface area (TPSA) is 45.9 Å². The lowest BCUT2D eigenvalue weighted by molar-refractivity contribution is 0.0835. The molecule has 0 spiro atoms. The molecule has 188 valence electrons. The van der Waals surface area contributed by atoms with Crippen LogP contribution in [0.1, 0.15) is 48.7 Å². The van der Waals surface area contributed by atoms with Crippen LogP contribution in [0.4, 0.5) is 5.69 Å². The molecule has 4 heterocycles. The first-order chi connectivity index (χ1) is 17.5. The Labute approximate surface area is 213 Å². The van der Waals surface area contributed by atoms with Crippen LogP contribution >= 0.6 is 0 Å². The molecule has 0 unspecified atom stereocenters. The number of aryl methyl sites for hydroxylation is 2. The van der Waals surface area contributed by atoms with Gasteiger partial charge in [0.2, 0.25) is 0 Å². The van der Waals surface area contributed by atoms with Crippen molar-refractivity contribution in [1.29, 1.82) is 0 Å². The molecule has 0 atom stereocenters. The average Bonchev–Trinajstić information content (AvgIpc) is 3.25. The van der Waals surface area contributed by atoms with Gasteiger partial charge in [-0.1, -0.05) is 12.1 Å². The lowest BCUT2D eigenvalue weighted by atomic mass is 9.98. The normalized spacial score (nSPS) is 18.1. The van der Waals surface area contributed by atoms with E-state index >= 15 is 0 Å². The van der Waals surface area contributed by atoms with Crippen LogP contribution in [0.3, 0.4) is 0 Å². The Morgan fingerprint density at radius 2 is 1.61 bits per heavy atom.